The predicted octanol–water partition coefficient (Wildman–Crippen LogP) is 8.55. The molecule has 0 aromatic heterocycles. The number of methoxy groups -OCH3 is 1. The van der Waals surface area contributed by atoms with Gasteiger partial charge in [0.25, 0.3) is 0 Å². The molecule has 0 saturated carbocycles. The SMILES string of the molecule is CCCCCCOc1ccc(COc2ccc(C(=O)OC)cc2OCc2ccc(OCCCCCC)cc2)cc1. The Balaban J connectivity index is 1.56. The second-order valence-electron chi connectivity index (χ2n) is 9.84. The van der Waals surface area contributed by atoms with E-state index in [4.69, 9.17) is 23.7 Å². The summed E-state index contributed by atoms with van der Waals surface area (Å²) in [4.78, 5) is 12.1. The number of ether oxygens (including phenoxy) is 5. The van der Waals surface area contributed by atoms with Gasteiger partial charge in [-0.1, -0.05) is 76.6 Å². The molecule has 0 heterocycles. The summed E-state index contributed by atoms with van der Waals surface area (Å²) >= 11 is 0. The molecule has 0 fully saturated rings. The van der Waals surface area contributed by atoms with Crippen LogP contribution >= 0.6 is 0 Å². The van der Waals surface area contributed by atoms with E-state index in [-0.39, 0.29) is 0 Å². The van der Waals surface area contributed by atoms with E-state index in [0.717, 1.165) is 48.7 Å². The van der Waals surface area contributed by atoms with Crippen LogP contribution in [0.2, 0.25) is 0 Å². The van der Waals surface area contributed by atoms with Gasteiger partial charge in [0.1, 0.15) is 24.7 Å². The van der Waals surface area contributed by atoms with Crippen LogP contribution < -0.4 is 18.9 Å². The van der Waals surface area contributed by atoms with E-state index in [1.807, 2.05) is 48.5 Å². The smallest absolute Gasteiger partial charge is 0.337 e. The van der Waals surface area contributed by atoms with Crippen LogP contribution in [0.5, 0.6) is 23.0 Å². The summed E-state index contributed by atoms with van der Waals surface area (Å²) in [6.07, 6.45) is 9.43. The van der Waals surface area contributed by atoms with Gasteiger partial charge in [-0.15, -0.1) is 0 Å². The van der Waals surface area contributed by atoms with Crippen LogP contribution in [0.1, 0.15) is 86.7 Å². The Bertz CT molecular complexity index is 1120. The van der Waals surface area contributed by atoms with Gasteiger partial charge < -0.3 is 23.7 Å². The molecule has 0 unspecified atom stereocenters. The van der Waals surface area contributed by atoms with Gasteiger partial charge >= 0.3 is 5.97 Å². The van der Waals surface area contributed by atoms with Crippen molar-refractivity contribution in [2.24, 2.45) is 0 Å². The van der Waals surface area contributed by atoms with Gasteiger partial charge in [-0.25, -0.2) is 4.79 Å². The molecule has 0 spiro atoms. The van der Waals surface area contributed by atoms with Crippen molar-refractivity contribution < 1.29 is 28.5 Å². The fraction of sp³-hybridized carbons (Fsp3) is 0.441. The van der Waals surface area contributed by atoms with E-state index in [1.54, 1.807) is 18.2 Å². The second kappa shape index (κ2) is 17.8. The van der Waals surface area contributed by atoms with Crippen LogP contribution in [-0.2, 0) is 18.0 Å². The Labute approximate surface area is 239 Å². The summed E-state index contributed by atoms with van der Waals surface area (Å²) < 4.78 is 28.8. The first-order chi connectivity index (χ1) is 19.6. The number of esters is 1. The lowest BCUT2D eigenvalue weighted by molar-refractivity contribution is 0.0600. The lowest BCUT2D eigenvalue weighted by atomic mass is 10.2. The van der Waals surface area contributed by atoms with E-state index < -0.39 is 5.97 Å². The summed E-state index contributed by atoms with van der Waals surface area (Å²) in [5, 5.41) is 0. The molecule has 3 rings (SSSR count). The Morgan fingerprint density at radius 2 is 1.07 bits per heavy atom. The van der Waals surface area contributed by atoms with Crippen LogP contribution in [0, 0.1) is 0 Å². The van der Waals surface area contributed by atoms with Crippen LogP contribution in [-0.4, -0.2) is 26.3 Å². The largest absolute Gasteiger partial charge is 0.494 e. The average molecular weight is 549 g/mol. The van der Waals surface area contributed by atoms with Crippen LogP contribution in [0.15, 0.2) is 66.7 Å². The molecule has 6 heteroatoms. The second-order valence-corrected chi connectivity index (χ2v) is 9.84. The van der Waals surface area contributed by atoms with E-state index in [9.17, 15) is 4.79 Å². The van der Waals surface area contributed by atoms with Crippen molar-refractivity contribution in [3.05, 3.63) is 83.4 Å². The molecule has 3 aromatic carbocycles. The highest BCUT2D eigenvalue weighted by atomic mass is 16.5. The van der Waals surface area contributed by atoms with Crippen LogP contribution in [0.4, 0.5) is 0 Å². The van der Waals surface area contributed by atoms with Gasteiger partial charge in [0.05, 0.1) is 25.9 Å². The molecule has 0 atom stereocenters. The monoisotopic (exact) mass is 548 g/mol. The minimum Gasteiger partial charge on any atom is -0.494 e. The third-order valence-electron chi connectivity index (χ3n) is 6.53. The minimum absolute atomic E-state index is 0.321. The van der Waals surface area contributed by atoms with E-state index >= 15 is 0 Å². The summed E-state index contributed by atoms with van der Waals surface area (Å²) in [6, 6.07) is 20.9. The van der Waals surface area contributed by atoms with Gasteiger partial charge in [-0.05, 0) is 66.4 Å². The number of carbonyl (C=O) groups is 1. The lowest BCUT2D eigenvalue weighted by Gasteiger charge is -2.15. The van der Waals surface area contributed by atoms with Gasteiger partial charge in [0, 0.05) is 0 Å². The van der Waals surface area contributed by atoms with Crippen molar-refractivity contribution in [1.29, 1.82) is 0 Å². The van der Waals surface area contributed by atoms with Crippen molar-refractivity contribution in [3.63, 3.8) is 0 Å². The number of hydrogen-bond acceptors (Lipinski definition) is 6. The molecular weight excluding hydrogens is 504 g/mol. The van der Waals surface area contributed by atoms with Gasteiger partial charge in [-0.3, -0.25) is 0 Å². The molecule has 0 amide bonds. The first-order valence-corrected chi connectivity index (χ1v) is 14.5. The normalized spacial score (nSPS) is 10.7. The maximum absolute atomic E-state index is 12.1. The predicted molar refractivity (Wildman–Crippen MR) is 159 cm³/mol. The third kappa shape index (κ3) is 10.8. The quantitative estimate of drug-likeness (QED) is 0.110. The molecule has 0 aliphatic heterocycles. The molecule has 3 aromatic rings. The zero-order chi connectivity index (χ0) is 28.4. The number of rotatable bonds is 19. The summed E-state index contributed by atoms with van der Waals surface area (Å²) in [5.41, 5.74) is 2.39. The number of benzene rings is 3. The minimum atomic E-state index is -0.429. The standard InChI is InChI=1S/C34H44O6/c1-4-6-8-10-22-37-30-17-12-27(13-18-30)25-39-32-21-16-29(34(35)36-3)24-33(32)40-26-28-14-19-31(20-15-28)38-23-11-9-7-5-2/h12-21,24H,4-11,22-23,25-26H2,1-3H3. The Morgan fingerprint density at radius 1 is 0.575 bits per heavy atom. The van der Waals surface area contributed by atoms with Crippen molar-refractivity contribution in [2.75, 3.05) is 20.3 Å². The van der Waals surface area contributed by atoms with E-state index in [2.05, 4.69) is 13.8 Å². The van der Waals surface area contributed by atoms with Crippen molar-refractivity contribution in [2.45, 2.75) is 78.4 Å². The highest BCUT2D eigenvalue weighted by Crippen LogP contribution is 2.31. The van der Waals surface area contributed by atoms with Crippen molar-refractivity contribution >= 4 is 5.97 Å². The number of carbonyl (C=O) groups excluding carboxylic acids is 1. The molecule has 0 aliphatic carbocycles. The number of unbranched alkanes of at least 4 members (excludes halogenated alkanes) is 6. The molecular formula is C34H44O6. The molecule has 0 bridgehead atoms. The summed E-state index contributed by atoms with van der Waals surface area (Å²) in [7, 11) is 1.36. The highest BCUT2D eigenvalue weighted by Gasteiger charge is 2.13. The molecule has 40 heavy (non-hydrogen) atoms. The first kappa shape index (κ1) is 30.9. The van der Waals surface area contributed by atoms with Crippen molar-refractivity contribution in [1.82, 2.24) is 0 Å². The maximum Gasteiger partial charge on any atom is 0.337 e. The fourth-order valence-electron chi connectivity index (χ4n) is 4.11. The molecule has 0 saturated heterocycles. The Hall–Kier alpha value is -3.67. The molecule has 0 radical (unpaired) electrons. The Kier molecular flexibility index (Phi) is 13.8. The topological polar surface area (TPSA) is 63.2 Å². The molecule has 216 valence electrons. The average Bonchev–Trinajstić information content (AvgIpc) is 2.99. The zero-order valence-electron chi connectivity index (χ0n) is 24.3. The van der Waals surface area contributed by atoms with E-state index in [1.165, 1.54) is 45.6 Å². The number of hydrogen-bond donors (Lipinski definition) is 0. The molecule has 0 aliphatic rings. The summed E-state index contributed by atoms with van der Waals surface area (Å²) in [5.74, 6) is 2.31. The molecule has 6 nitrogen and oxygen atoms in total. The highest BCUT2D eigenvalue weighted by molar-refractivity contribution is 5.90. The zero-order valence-corrected chi connectivity index (χ0v) is 24.3. The fourth-order valence-corrected chi connectivity index (χ4v) is 4.11. The Morgan fingerprint density at radius 3 is 1.55 bits per heavy atom. The van der Waals surface area contributed by atoms with Crippen LogP contribution in [0.25, 0.3) is 0 Å². The third-order valence-corrected chi connectivity index (χ3v) is 6.53. The summed E-state index contributed by atoms with van der Waals surface area (Å²) in [6.45, 7) is 6.54. The molecule has 0 N–H and O–H groups in total. The maximum atomic E-state index is 12.1. The van der Waals surface area contributed by atoms with Gasteiger partial charge in [0.15, 0.2) is 11.5 Å². The van der Waals surface area contributed by atoms with Crippen LogP contribution in [0.3, 0.4) is 0 Å². The lowest BCUT2D eigenvalue weighted by Crippen LogP contribution is -2.05. The first-order valence-electron chi connectivity index (χ1n) is 14.5. The van der Waals surface area contributed by atoms with Gasteiger partial charge in [-0.2, -0.15) is 0 Å². The van der Waals surface area contributed by atoms with Gasteiger partial charge in [0.2, 0.25) is 0 Å². The van der Waals surface area contributed by atoms with E-state index in [0.29, 0.717) is 30.3 Å². The van der Waals surface area contributed by atoms with Crippen molar-refractivity contribution in [3.8, 4) is 23.0 Å².